The third-order valence-corrected chi connectivity index (χ3v) is 13.8. The van der Waals surface area contributed by atoms with E-state index in [9.17, 15) is 8.78 Å². The number of piperazine rings is 1. The summed E-state index contributed by atoms with van der Waals surface area (Å²) in [4.78, 5) is 14.0. The molecule has 4 rings (SSSR count). The molecule has 1 radical (unpaired) electrons. The summed E-state index contributed by atoms with van der Waals surface area (Å²) >= 11 is 0. The van der Waals surface area contributed by atoms with Gasteiger partial charge >= 0.3 is 0 Å². The van der Waals surface area contributed by atoms with Gasteiger partial charge in [0.2, 0.25) is 0 Å². The molecule has 2 unspecified atom stereocenters. The van der Waals surface area contributed by atoms with Gasteiger partial charge in [-0.15, -0.1) is 0 Å². The summed E-state index contributed by atoms with van der Waals surface area (Å²) in [5.74, 6) is 2.86. The third-order valence-electron chi connectivity index (χ3n) is 9.26. The van der Waals surface area contributed by atoms with Crippen LogP contribution in [0.15, 0.2) is 24.3 Å². The second-order valence-electron chi connectivity index (χ2n) is 15.1. The Hall–Kier alpha value is -2.34. The number of halogens is 2. The number of alkyl halides is 2. The minimum absolute atomic E-state index is 0.0533. The van der Waals surface area contributed by atoms with Gasteiger partial charge in [-0.2, -0.15) is 0 Å². The van der Waals surface area contributed by atoms with E-state index < -0.39 is 14.7 Å². The first-order chi connectivity index (χ1) is 20.9. The lowest BCUT2D eigenvalue weighted by atomic mass is 9.86. The van der Waals surface area contributed by atoms with Crippen molar-refractivity contribution in [1.29, 1.82) is 0 Å². The fourth-order valence-corrected chi connectivity index (χ4v) is 6.78. The molecular formula is C34H54F2N5O3Si. The van der Waals surface area contributed by atoms with Gasteiger partial charge in [0.05, 0.1) is 25.3 Å². The van der Waals surface area contributed by atoms with E-state index in [1.807, 2.05) is 36.1 Å². The molecule has 45 heavy (non-hydrogen) atoms. The Balaban J connectivity index is 1.64. The number of nitrogens with one attached hydrogen (secondary N) is 1. The zero-order chi connectivity index (χ0) is 33.2. The fourth-order valence-electron chi connectivity index (χ4n) is 5.54. The fraction of sp³-hybridized carbons (Fsp3) is 0.676. The Bertz CT molecular complexity index is 1270. The zero-order valence-electron chi connectivity index (χ0n) is 28.8. The highest BCUT2D eigenvalue weighted by Gasteiger charge is 2.42. The highest BCUT2D eigenvalue weighted by Crippen LogP contribution is 2.40. The molecule has 0 amide bonds. The van der Waals surface area contributed by atoms with E-state index in [1.54, 1.807) is 0 Å². The maximum atomic E-state index is 13.0. The van der Waals surface area contributed by atoms with E-state index in [-0.39, 0.29) is 35.2 Å². The van der Waals surface area contributed by atoms with E-state index >= 15 is 0 Å². The molecule has 0 spiro atoms. The van der Waals surface area contributed by atoms with Gasteiger partial charge in [-0.05, 0) is 50.5 Å². The minimum atomic E-state index is -2.34. The van der Waals surface area contributed by atoms with Crippen molar-refractivity contribution in [3.8, 4) is 17.1 Å². The van der Waals surface area contributed by atoms with Crippen molar-refractivity contribution in [2.75, 3.05) is 56.2 Å². The zero-order valence-corrected chi connectivity index (χ0v) is 29.8. The number of hydrogen-bond donors (Lipinski definition) is 1. The van der Waals surface area contributed by atoms with Crippen LogP contribution in [-0.2, 0) is 9.16 Å². The van der Waals surface area contributed by atoms with Crippen molar-refractivity contribution in [3.05, 3.63) is 36.8 Å². The minimum Gasteiger partial charge on any atom is -0.487 e. The molecular weight excluding hydrogens is 592 g/mol. The lowest BCUT2D eigenvalue weighted by Crippen LogP contribution is -2.50. The molecule has 11 heteroatoms. The summed E-state index contributed by atoms with van der Waals surface area (Å²) in [6, 6.07) is 8.05. The van der Waals surface area contributed by atoms with Crippen molar-refractivity contribution < 1.29 is 22.7 Å². The SMILES string of the molecule is [CH2]C(O[Si](C)(C)C(C)(C)C)C(Oc1cccc(-c2nc(N[C@@H]3CCOC3)c(C)c(N3CCN(CC(F)F)CC3)n2)c1)C(C)(C)C. The van der Waals surface area contributed by atoms with Crippen molar-refractivity contribution in [1.82, 2.24) is 14.9 Å². The molecule has 2 saturated heterocycles. The lowest BCUT2D eigenvalue weighted by molar-refractivity contribution is 0.000980. The Labute approximate surface area is 270 Å². The smallest absolute Gasteiger partial charge is 0.251 e. The van der Waals surface area contributed by atoms with Gasteiger partial charge in [0.25, 0.3) is 6.43 Å². The van der Waals surface area contributed by atoms with Crippen LogP contribution >= 0.6 is 0 Å². The highest BCUT2D eigenvalue weighted by molar-refractivity contribution is 6.74. The molecule has 2 fully saturated rings. The monoisotopic (exact) mass is 646 g/mol. The Morgan fingerprint density at radius 2 is 1.78 bits per heavy atom. The van der Waals surface area contributed by atoms with Gasteiger partial charge in [-0.25, -0.2) is 18.7 Å². The predicted octanol–water partition coefficient (Wildman–Crippen LogP) is 7.06. The summed E-state index contributed by atoms with van der Waals surface area (Å²) in [6.45, 7) is 27.5. The number of anilines is 2. The molecule has 2 aliphatic heterocycles. The van der Waals surface area contributed by atoms with Gasteiger partial charge in [-0.1, -0.05) is 53.7 Å². The first kappa shape index (κ1) is 35.5. The van der Waals surface area contributed by atoms with E-state index in [0.29, 0.717) is 51.0 Å². The summed E-state index contributed by atoms with van der Waals surface area (Å²) in [5.41, 5.74) is 1.54. The Morgan fingerprint density at radius 1 is 1.09 bits per heavy atom. The van der Waals surface area contributed by atoms with E-state index in [2.05, 4.69) is 71.8 Å². The molecule has 1 aromatic carbocycles. The molecule has 2 aromatic rings. The topological polar surface area (TPSA) is 72.0 Å². The van der Waals surface area contributed by atoms with Crippen LogP contribution in [-0.4, -0.2) is 93.8 Å². The van der Waals surface area contributed by atoms with Crippen LogP contribution in [0.4, 0.5) is 20.4 Å². The average molecular weight is 647 g/mol. The first-order valence-electron chi connectivity index (χ1n) is 16.2. The third kappa shape index (κ3) is 9.14. The number of rotatable bonds is 11. The van der Waals surface area contributed by atoms with Crippen molar-refractivity contribution in [2.24, 2.45) is 5.41 Å². The maximum Gasteiger partial charge on any atom is 0.251 e. The molecule has 251 valence electrons. The molecule has 8 nitrogen and oxygen atoms in total. The van der Waals surface area contributed by atoms with Crippen LogP contribution in [0.25, 0.3) is 11.4 Å². The summed E-state index contributed by atoms with van der Waals surface area (Å²) in [6.07, 6.45) is -2.08. The van der Waals surface area contributed by atoms with Gasteiger partial charge in [0, 0.05) is 49.3 Å². The first-order valence-corrected chi connectivity index (χ1v) is 19.1. The maximum absolute atomic E-state index is 13.0. The molecule has 3 heterocycles. The largest absolute Gasteiger partial charge is 0.487 e. The number of nitrogens with zero attached hydrogens (tertiary/aromatic N) is 4. The number of hydrogen-bond acceptors (Lipinski definition) is 8. The number of aromatic nitrogens is 2. The second kappa shape index (κ2) is 14.2. The summed E-state index contributed by atoms with van der Waals surface area (Å²) in [7, 11) is -2.08. The van der Waals surface area contributed by atoms with Crippen LogP contribution in [0.2, 0.25) is 18.1 Å². The van der Waals surface area contributed by atoms with Crippen LogP contribution < -0.4 is 15.0 Å². The summed E-state index contributed by atoms with van der Waals surface area (Å²) in [5, 5.41) is 3.64. The molecule has 0 aliphatic carbocycles. The lowest BCUT2D eigenvalue weighted by Gasteiger charge is -2.43. The van der Waals surface area contributed by atoms with E-state index in [1.165, 1.54) is 0 Å². The molecule has 1 aromatic heterocycles. The van der Waals surface area contributed by atoms with Gasteiger partial charge in [0.15, 0.2) is 14.1 Å². The number of ether oxygens (including phenoxy) is 2. The molecule has 0 saturated carbocycles. The van der Waals surface area contributed by atoms with Crippen molar-refractivity contribution in [3.63, 3.8) is 0 Å². The van der Waals surface area contributed by atoms with Crippen LogP contribution in [0.5, 0.6) is 5.75 Å². The Kier molecular flexibility index (Phi) is 11.2. The Morgan fingerprint density at radius 3 is 2.36 bits per heavy atom. The van der Waals surface area contributed by atoms with Crippen molar-refractivity contribution >= 4 is 20.0 Å². The normalized spacial score (nSPS) is 20.0. The predicted molar refractivity (Wildman–Crippen MR) is 181 cm³/mol. The highest BCUT2D eigenvalue weighted by atomic mass is 28.4. The van der Waals surface area contributed by atoms with Gasteiger partial charge in [-0.3, -0.25) is 4.90 Å². The van der Waals surface area contributed by atoms with E-state index in [0.717, 1.165) is 29.2 Å². The number of benzene rings is 1. The van der Waals surface area contributed by atoms with E-state index in [4.69, 9.17) is 23.9 Å². The van der Waals surface area contributed by atoms with Crippen LogP contribution in [0.3, 0.4) is 0 Å². The molecule has 0 bridgehead atoms. The van der Waals surface area contributed by atoms with Gasteiger partial charge < -0.3 is 24.1 Å². The average Bonchev–Trinajstić information content (AvgIpc) is 3.45. The van der Waals surface area contributed by atoms with Crippen molar-refractivity contribution in [2.45, 2.75) is 97.7 Å². The standard InChI is InChI=1S/C34H54F2N5O3Si/c1-23-30(37-26-14-19-42-22-26)38-31(39-32(23)41-17-15-40(16-18-41)21-28(35)36)25-12-11-13-27(20-25)43-29(33(3,4)5)24(2)44-45(9,10)34(6,7)8/h11-13,20,24,26,28-29H,2,14-19,21-22H2,1,3-10H3,(H,37,38,39)/t24?,26-,29?/m1/s1. The van der Waals surface area contributed by atoms with Crippen LogP contribution in [0, 0.1) is 19.3 Å². The quantitative estimate of drug-likeness (QED) is 0.260. The van der Waals surface area contributed by atoms with Gasteiger partial charge in [0.1, 0.15) is 23.5 Å². The molecule has 3 atom stereocenters. The molecule has 1 N–H and O–H groups in total. The van der Waals surface area contributed by atoms with Crippen LogP contribution in [0.1, 0.15) is 53.5 Å². The summed E-state index contributed by atoms with van der Waals surface area (Å²) < 4.78 is 45.0. The second-order valence-corrected chi connectivity index (χ2v) is 19.8. The molecule has 2 aliphatic rings.